The van der Waals surface area contributed by atoms with Gasteiger partial charge >= 0.3 is 0 Å². The molecule has 2 rings (SSSR count). The van der Waals surface area contributed by atoms with Crippen molar-refractivity contribution in [2.24, 2.45) is 5.92 Å². The van der Waals surface area contributed by atoms with E-state index in [0.29, 0.717) is 24.6 Å². The van der Waals surface area contributed by atoms with E-state index in [0.717, 1.165) is 12.8 Å². The Morgan fingerprint density at radius 1 is 1.56 bits per heavy atom. The topological polar surface area (TPSA) is 53.4 Å². The van der Waals surface area contributed by atoms with Gasteiger partial charge in [0.25, 0.3) is 5.91 Å². The molecule has 1 N–H and O–H groups in total. The van der Waals surface area contributed by atoms with Crippen LogP contribution in [0.5, 0.6) is 5.75 Å². The summed E-state index contributed by atoms with van der Waals surface area (Å²) in [4.78, 5) is 17.7. The van der Waals surface area contributed by atoms with Gasteiger partial charge in [0, 0.05) is 24.7 Å². The molecule has 0 radical (unpaired) electrons. The molecule has 98 valence electrons. The molecule has 5 heteroatoms. The number of carbonyl (C=O) groups excluding carboxylic acids is 1. The monoisotopic (exact) mass is 268 g/mol. The van der Waals surface area contributed by atoms with E-state index in [1.807, 2.05) is 6.92 Å². The number of alkyl halides is 1. The number of halogens is 1. The average molecular weight is 269 g/mol. The predicted octanol–water partition coefficient (Wildman–Crippen LogP) is 2.27. The number of amides is 1. The lowest BCUT2D eigenvalue weighted by Crippen LogP contribution is -2.40. The molecule has 18 heavy (non-hydrogen) atoms. The van der Waals surface area contributed by atoms with Gasteiger partial charge in [0.2, 0.25) is 0 Å². The Bertz CT molecular complexity index is 429. The highest BCUT2D eigenvalue weighted by molar-refractivity contribution is 6.20. The summed E-state index contributed by atoms with van der Waals surface area (Å²) in [6.45, 7) is 3.39. The third kappa shape index (κ3) is 2.75. The summed E-state index contributed by atoms with van der Waals surface area (Å²) in [5, 5.41) is 9.77. The molecule has 4 nitrogen and oxygen atoms in total. The fourth-order valence-corrected chi connectivity index (χ4v) is 2.55. The summed E-state index contributed by atoms with van der Waals surface area (Å²) in [5.41, 5.74) is 0.322. The van der Waals surface area contributed by atoms with Gasteiger partial charge < -0.3 is 10.0 Å². The van der Waals surface area contributed by atoms with Crippen LogP contribution in [0.3, 0.4) is 0 Å². The highest BCUT2D eigenvalue weighted by Crippen LogP contribution is 2.26. The number of nitrogens with zero attached hydrogens (tertiary/aromatic N) is 2. The lowest BCUT2D eigenvalue weighted by molar-refractivity contribution is 0.0687. The Morgan fingerprint density at radius 3 is 2.78 bits per heavy atom. The molecule has 1 aromatic heterocycles. The normalized spacial score (nSPS) is 18.7. The minimum atomic E-state index is -0.129. The fourth-order valence-electron chi connectivity index (χ4n) is 2.30. The molecule has 1 aliphatic rings. The summed E-state index contributed by atoms with van der Waals surface area (Å²) in [7, 11) is 0. The first-order valence-electron chi connectivity index (χ1n) is 6.16. The maximum atomic E-state index is 12.2. The molecule has 1 unspecified atom stereocenters. The first-order chi connectivity index (χ1) is 8.59. The molecule has 1 amide bonds. The maximum Gasteiger partial charge on any atom is 0.257 e. The van der Waals surface area contributed by atoms with Gasteiger partial charge in [0.15, 0.2) is 0 Å². The van der Waals surface area contributed by atoms with Crippen LogP contribution in [-0.4, -0.2) is 39.4 Å². The van der Waals surface area contributed by atoms with Crippen LogP contribution in [0.15, 0.2) is 18.5 Å². The molecule has 2 heterocycles. The van der Waals surface area contributed by atoms with E-state index in [2.05, 4.69) is 4.98 Å². The smallest absolute Gasteiger partial charge is 0.257 e. The Labute approximate surface area is 112 Å². The zero-order valence-corrected chi connectivity index (χ0v) is 11.1. The van der Waals surface area contributed by atoms with Crippen LogP contribution >= 0.6 is 11.6 Å². The minimum absolute atomic E-state index is 0.0599. The molecule has 0 saturated carbocycles. The van der Waals surface area contributed by atoms with E-state index >= 15 is 0 Å². The van der Waals surface area contributed by atoms with Gasteiger partial charge in [-0.05, 0) is 31.7 Å². The number of hydrogen-bond acceptors (Lipinski definition) is 3. The number of piperidine rings is 1. The second-order valence-electron chi connectivity index (χ2n) is 4.70. The van der Waals surface area contributed by atoms with E-state index in [4.69, 9.17) is 11.6 Å². The molecular formula is C13H17ClN2O2. The first kappa shape index (κ1) is 13.1. The van der Waals surface area contributed by atoms with Gasteiger partial charge in [-0.15, -0.1) is 11.6 Å². The van der Waals surface area contributed by atoms with Crippen LogP contribution in [0.1, 0.15) is 30.1 Å². The van der Waals surface area contributed by atoms with Gasteiger partial charge in [0.1, 0.15) is 5.75 Å². The number of aromatic hydroxyl groups is 1. The number of pyridine rings is 1. The predicted molar refractivity (Wildman–Crippen MR) is 69.8 cm³/mol. The summed E-state index contributed by atoms with van der Waals surface area (Å²) in [5.74, 6) is 0.285. The Balaban J connectivity index is 2.02. The molecule has 1 atom stereocenters. The van der Waals surface area contributed by atoms with E-state index < -0.39 is 0 Å². The molecule has 1 fully saturated rings. The van der Waals surface area contributed by atoms with Crippen LogP contribution in [0, 0.1) is 5.92 Å². The van der Waals surface area contributed by atoms with Crippen LogP contribution < -0.4 is 0 Å². The van der Waals surface area contributed by atoms with Crippen molar-refractivity contribution in [3.8, 4) is 5.75 Å². The number of carbonyl (C=O) groups is 1. The molecule has 1 aromatic rings. The molecule has 0 aliphatic carbocycles. The number of aromatic nitrogens is 1. The summed E-state index contributed by atoms with van der Waals surface area (Å²) in [6, 6.07) is 1.55. The summed E-state index contributed by atoms with van der Waals surface area (Å²) >= 11 is 6.07. The highest BCUT2D eigenvalue weighted by Gasteiger charge is 2.26. The van der Waals surface area contributed by atoms with E-state index in [1.54, 1.807) is 11.0 Å². The SMILES string of the molecule is CC(Cl)C1CCN(C(=O)c2ccncc2O)CC1. The molecule has 0 spiro atoms. The van der Waals surface area contributed by atoms with Crippen molar-refractivity contribution >= 4 is 17.5 Å². The quantitative estimate of drug-likeness (QED) is 0.837. The van der Waals surface area contributed by atoms with Crippen molar-refractivity contribution < 1.29 is 9.90 Å². The van der Waals surface area contributed by atoms with E-state index in [1.165, 1.54) is 12.4 Å². The number of hydrogen-bond donors (Lipinski definition) is 1. The second-order valence-corrected chi connectivity index (χ2v) is 5.39. The van der Waals surface area contributed by atoms with Crippen molar-refractivity contribution in [1.29, 1.82) is 0 Å². The van der Waals surface area contributed by atoms with Gasteiger partial charge in [0.05, 0.1) is 11.8 Å². The zero-order chi connectivity index (χ0) is 13.1. The maximum absolute atomic E-state index is 12.2. The Morgan fingerprint density at radius 2 is 2.22 bits per heavy atom. The van der Waals surface area contributed by atoms with Crippen LogP contribution in [0.2, 0.25) is 0 Å². The lowest BCUT2D eigenvalue weighted by atomic mass is 9.93. The molecule has 0 bridgehead atoms. The van der Waals surface area contributed by atoms with E-state index in [9.17, 15) is 9.90 Å². The largest absolute Gasteiger partial charge is 0.505 e. The first-order valence-corrected chi connectivity index (χ1v) is 6.59. The third-order valence-electron chi connectivity index (χ3n) is 3.51. The van der Waals surface area contributed by atoms with Crippen molar-refractivity contribution in [3.63, 3.8) is 0 Å². The third-order valence-corrected chi connectivity index (χ3v) is 3.86. The standard InChI is InChI=1S/C13H17ClN2O2/c1-9(14)10-3-6-16(7-4-10)13(18)11-2-5-15-8-12(11)17/h2,5,8-10,17H,3-4,6-7H2,1H3. The van der Waals surface area contributed by atoms with Crippen molar-refractivity contribution in [2.75, 3.05) is 13.1 Å². The lowest BCUT2D eigenvalue weighted by Gasteiger charge is -2.33. The van der Waals surface area contributed by atoms with Crippen LogP contribution in [-0.2, 0) is 0 Å². The van der Waals surface area contributed by atoms with Crippen molar-refractivity contribution in [2.45, 2.75) is 25.1 Å². The molecule has 1 saturated heterocycles. The average Bonchev–Trinajstić information content (AvgIpc) is 2.38. The minimum Gasteiger partial charge on any atom is -0.505 e. The summed E-state index contributed by atoms with van der Waals surface area (Å²) < 4.78 is 0. The molecule has 1 aliphatic heterocycles. The number of rotatable bonds is 2. The van der Waals surface area contributed by atoms with E-state index in [-0.39, 0.29) is 17.0 Å². The zero-order valence-electron chi connectivity index (χ0n) is 10.3. The Kier molecular flexibility index (Phi) is 4.07. The highest BCUT2D eigenvalue weighted by atomic mass is 35.5. The van der Waals surface area contributed by atoms with Crippen molar-refractivity contribution in [1.82, 2.24) is 9.88 Å². The van der Waals surface area contributed by atoms with Crippen LogP contribution in [0.25, 0.3) is 0 Å². The van der Waals surface area contributed by atoms with Gasteiger partial charge in [-0.25, -0.2) is 0 Å². The van der Waals surface area contributed by atoms with Gasteiger partial charge in [-0.2, -0.15) is 0 Å². The second kappa shape index (κ2) is 5.57. The van der Waals surface area contributed by atoms with Gasteiger partial charge in [-0.3, -0.25) is 9.78 Å². The van der Waals surface area contributed by atoms with Crippen molar-refractivity contribution in [3.05, 3.63) is 24.0 Å². The molecule has 0 aromatic carbocycles. The molecular weight excluding hydrogens is 252 g/mol. The summed E-state index contributed by atoms with van der Waals surface area (Å²) in [6.07, 6.45) is 4.64. The fraction of sp³-hybridized carbons (Fsp3) is 0.538. The van der Waals surface area contributed by atoms with Crippen LogP contribution in [0.4, 0.5) is 0 Å². The number of likely N-dealkylation sites (tertiary alicyclic amines) is 1. The van der Waals surface area contributed by atoms with Gasteiger partial charge in [-0.1, -0.05) is 0 Å². The Hall–Kier alpha value is -1.29.